The van der Waals surface area contributed by atoms with Crippen molar-refractivity contribution in [3.05, 3.63) is 35.2 Å². The van der Waals surface area contributed by atoms with Crippen LogP contribution in [0.25, 0.3) is 21.9 Å². The summed E-state index contributed by atoms with van der Waals surface area (Å²) in [6, 6.07) is 2.72. The lowest BCUT2D eigenvalue weighted by atomic mass is 9.98. The van der Waals surface area contributed by atoms with Crippen LogP contribution >= 0.6 is 11.6 Å². The molecule has 0 aliphatic heterocycles. The molecule has 19 heavy (non-hydrogen) atoms. The molecule has 0 saturated heterocycles. The van der Waals surface area contributed by atoms with Crippen LogP contribution < -0.4 is 5.73 Å². The smallest absolute Gasteiger partial charge is 0.305 e. The first-order chi connectivity index (χ1) is 9.09. The lowest BCUT2D eigenvalue weighted by molar-refractivity contribution is -0.137. The molecule has 3 aromatic rings. The van der Waals surface area contributed by atoms with Crippen molar-refractivity contribution in [1.29, 1.82) is 0 Å². The van der Waals surface area contributed by atoms with Gasteiger partial charge in [-0.3, -0.25) is 4.79 Å². The number of benzene rings is 1. The third-order valence-corrected chi connectivity index (χ3v) is 3.44. The van der Waals surface area contributed by atoms with Crippen molar-refractivity contribution in [1.82, 2.24) is 0 Å². The first kappa shape index (κ1) is 12.1. The van der Waals surface area contributed by atoms with E-state index >= 15 is 0 Å². The van der Waals surface area contributed by atoms with Gasteiger partial charge in [0, 0.05) is 22.4 Å². The molecule has 0 aliphatic rings. The third kappa shape index (κ3) is 1.78. The molecule has 0 bridgehead atoms. The first-order valence-corrected chi connectivity index (χ1v) is 6.00. The van der Waals surface area contributed by atoms with E-state index in [1.165, 1.54) is 12.5 Å². The standard InChI is InChI=1S/C13H10ClNO4/c14-11-7-2-4-18-12(7)10(8(15)5-9(16)17)6-1-3-19-13(6)11/h1-4,8H,5,15H2,(H,16,17). The molecule has 2 aromatic heterocycles. The summed E-state index contributed by atoms with van der Waals surface area (Å²) in [5.41, 5.74) is 7.58. The Kier molecular flexibility index (Phi) is 2.73. The second-order valence-electron chi connectivity index (χ2n) is 4.26. The lowest BCUT2D eigenvalue weighted by Crippen LogP contribution is -2.15. The number of nitrogens with two attached hydrogens (primary N) is 1. The van der Waals surface area contributed by atoms with Gasteiger partial charge in [-0.25, -0.2) is 0 Å². The van der Waals surface area contributed by atoms with E-state index in [0.29, 0.717) is 32.5 Å². The predicted octanol–water partition coefficient (Wildman–Crippen LogP) is 3.31. The van der Waals surface area contributed by atoms with Crippen LogP contribution in [0.15, 0.2) is 33.5 Å². The highest BCUT2D eigenvalue weighted by atomic mass is 35.5. The second-order valence-corrected chi connectivity index (χ2v) is 4.64. The van der Waals surface area contributed by atoms with Crippen LogP contribution in [0.2, 0.25) is 5.02 Å². The van der Waals surface area contributed by atoms with Crippen molar-refractivity contribution < 1.29 is 18.7 Å². The fourth-order valence-electron chi connectivity index (χ4n) is 2.28. The van der Waals surface area contributed by atoms with Gasteiger partial charge in [0.2, 0.25) is 0 Å². The molecule has 2 heterocycles. The van der Waals surface area contributed by atoms with Gasteiger partial charge in [0.1, 0.15) is 5.58 Å². The Morgan fingerprint density at radius 1 is 1.26 bits per heavy atom. The van der Waals surface area contributed by atoms with Crippen molar-refractivity contribution >= 4 is 39.5 Å². The molecule has 98 valence electrons. The van der Waals surface area contributed by atoms with Gasteiger partial charge in [0.15, 0.2) is 5.58 Å². The summed E-state index contributed by atoms with van der Waals surface area (Å²) < 4.78 is 10.8. The van der Waals surface area contributed by atoms with Gasteiger partial charge in [0.05, 0.1) is 24.0 Å². The van der Waals surface area contributed by atoms with Crippen molar-refractivity contribution in [3.8, 4) is 0 Å². The normalized spacial score (nSPS) is 13.2. The van der Waals surface area contributed by atoms with Crippen molar-refractivity contribution in [2.24, 2.45) is 5.73 Å². The molecule has 1 aromatic carbocycles. The number of rotatable bonds is 3. The van der Waals surface area contributed by atoms with Crippen LogP contribution in [0, 0.1) is 0 Å². The van der Waals surface area contributed by atoms with Crippen LogP contribution in [0.1, 0.15) is 18.0 Å². The molecule has 5 nitrogen and oxygen atoms in total. The fraction of sp³-hybridized carbons (Fsp3) is 0.154. The number of aliphatic carboxylic acids is 1. The monoisotopic (exact) mass is 279 g/mol. The number of carbonyl (C=O) groups is 1. The summed E-state index contributed by atoms with van der Waals surface area (Å²) in [4.78, 5) is 10.8. The minimum Gasteiger partial charge on any atom is -0.481 e. The van der Waals surface area contributed by atoms with Crippen LogP contribution in [0.4, 0.5) is 0 Å². The van der Waals surface area contributed by atoms with E-state index in [1.54, 1.807) is 12.1 Å². The van der Waals surface area contributed by atoms with E-state index < -0.39 is 12.0 Å². The zero-order valence-corrected chi connectivity index (χ0v) is 10.5. The topological polar surface area (TPSA) is 89.6 Å². The number of carboxylic acid groups (broad SMARTS) is 1. The Balaban J connectivity index is 2.35. The summed E-state index contributed by atoms with van der Waals surface area (Å²) in [7, 11) is 0. The Morgan fingerprint density at radius 3 is 2.58 bits per heavy atom. The zero-order valence-electron chi connectivity index (χ0n) is 9.72. The average Bonchev–Trinajstić information content (AvgIpc) is 2.96. The van der Waals surface area contributed by atoms with Gasteiger partial charge in [-0.1, -0.05) is 11.6 Å². The van der Waals surface area contributed by atoms with E-state index in [9.17, 15) is 4.79 Å². The Labute approximate surface area is 112 Å². The van der Waals surface area contributed by atoms with Gasteiger partial charge in [-0.15, -0.1) is 0 Å². The zero-order chi connectivity index (χ0) is 13.6. The highest BCUT2D eigenvalue weighted by Crippen LogP contribution is 2.40. The van der Waals surface area contributed by atoms with Gasteiger partial charge in [-0.05, 0) is 12.1 Å². The minimum atomic E-state index is -0.973. The largest absolute Gasteiger partial charge is 0.481 e. The van der Waals surface area contributed by atoms with Crippen molar-refractivity contribution in [3.63, 3.8) is 0 Å². The molecule has 0 aliphatic carbocycles. The van der Waals surface area contributed by atoms with E-state index in [2.05, 4.69) is 0 Å². The van der Waals surface area contributed by atoms with E-state index in [-0.39, 0.29) is 6.42 Å². The predicted molar refractivity (Wildman–Crippen MR) is 70.2 cm³/mol. The average molecular weight is 280 g/mol. The summed E-state index contributed by atoms with van der Waals surface area (Å²) in [6.07, 6.45) is 2.79. The molecule has 3 rings (SSSR count). The lowest BCUT2D eigenvalue weighted by Gasteiger charge is -2.12. The van der Waals surface area contributed by atoms with E-state index in [0.717, 1.165) is 0 Å². The highest BCUT2D eigenvalue weighted by Gasteiger charge is 2.23. The molecule has 1 unspecified atom stereocenters. The van der Waals surface area contributed by atoms with Gasteiger partial charge < -0.3 is 19.7 Å². The number of carboxylic acids is 1. The molecular formula is C13H10ClNO4. The fourth-order valence-corrected chi connectivity index (χ4v) is 2.58. The molecule has 0 saturated carbocycles. The molecule has 0 spiro atoms. The van der Waals surface area contributed by atoms with E-state index in [4.69, 9.17) is 31.3 Å². The third-order valence-electron chi connectivity index (χ3n) is 3.07. The number of fused-ring (bicyclic) bond motifs is 2. The number of halogens is 1. The maximum absolute atomic E-state index is 10.8. The summed E-state index contributed by atoms with van der Waals surface area (Å²) in [5.74, 6) is -0.973. The molecule has 0 fully saturated rings. The van der Waals surface area contributed by atoms with Crippen molar-refractivity contribution in [2.75, 3.05) is 0 Å². The minimum absolute atomic E-state index is 0.197. The van der Waals surface area contributed by atoms with Gasteiger partial charge >= 0.3 is 5.97 Å². The summed E-state index contributed by atoms with van der Waals surface area (Å²) in [5, 5.41) is 10.7. The Morgan fingerprint density at radius 2 is 1.89 bits per heavy atom. The molecule has 0 radical (unpaired) electrons. The Hall–Kier alpha value is -1.98. The second kappa shape index (κ2) is 4.29. The summed E-state index contributed by atoms with van der Waals surface area (Å²) in [6.45, 7) is 0. The van der Waals surface area contributed by atoms with Crippen molar-refractivity contribution in [2.45, 2.75) is 12.5 Å². The maximum Gasteiger partial charge on any atom is 0.305 e. The molecule has 1 atom stereocenters. The molecule has 0 amide bonds. The number of furan rings is 2. The van der Waals surface area contributed by atoms with E-state index in [1.807, 2.05) is 0 Å². The highest BCUT2D eigenvalue weighted by molar-refractivity contribution is 6.40. The maximum atomic E-state index is 10.8. The summed E-state index contributed by atoms with van der Waals surface area (Å²) >= 11 is 6.23. The SMILES string of the molecule is NC(CC(=O)O)c1c2ccoc2c(Cl)c2ccoc12. The number of hydrogen-bond acceptors (Lipinski definition) is 4. The number of hydrogen-bond donors (Lipinski definition) is 2. The van der Waals surface area contributed by atoms with Gasteiger partial charge in [0.25, 0.3) is 0 Å². The van der Waals surface area contributed by atoms with Crippen LogP contribution in [0.5, 0.6) is 0 Å². The van der Waals surface area contributed by atoms with Crippen LogP contribution in [-0.4, -0.2) is 11.1 Å². The Bertz CT molecular complexity index is 722. The van der Waals surface area contributed by atoms with Crippen LogP contribution in [0.3, 0.4) is 0 Å². The first-order valence-electron chi connectivity index (χ1n) is 5.62. The molecular weight excluding hydrogens is 270 g/mol. The quantitative estimate of drug-likeness (QED) is 0.767. The molecule has 6 heteroatoms. The van der Waals surface area contributed by atoms with Gasteiger partial charge in [-0.2, -0.15) is 0 Å². The van der Waals surface area contributed by atoms with Crippen LogP contribution in [-0.2, 0) is 4.79 Å². The molecule has 3 N–H and O–H groups in total.